The van der Waals surface area contributed by atoms with E-state index in [1.54, 1.807) is 45.2 Å². The molecule has 58 heavy (non-hydrogen) atoms. The van der Waals surface area contributed by atoms with E-state index in [9.17, 15) is 40.3 Å². The molecule has 0 aliphatic heterocycles. The first-order chi connectivity index (χ1) is 26.9. The average Bonchev–Trinajstić information content (AvgIpc) is 3.71. The second kappa shape index (κ2) is 15.0. The largest absolute Gasteiger partial charge is 0.435 e. The van der Waals surface area contributed by atoms with Crippen molar-refractivity contribution in [3.63, 3.8) is 0 Å². The van der Waals surface area contributed by atoms with Crippen LogP contribution < -0.4 is 10.0 Å². The minimum absolute atomic E-state index is 0.00408. The number of carbonyl (C=O) groups excluding carboxylic acids is 1. The van der Waals surface area contributed by atoms with Gasteiger partial charge in [-0.2, -0.15) is 32.1 Å². The molecule has 1 aliphatic rings. The Morgan fingerprint density at radius 1 is 1.03 bits per heavy atom. The van der Waals surface area contributed by atoms with Crippen LogP contribution in [0.2, 0.25) is 0 Å². The van der Waals surface area contributed by atoms with E-state index >= 15 is 8.78 Å². The fourth-order valence-corrected chi connectivity index (χ4v) is 7.54. The number of aromatic nitrogens is 5. The standard InChI is InChI=1S/C39H38F7N7O4S/c1-20-21(2)38(42,43)35-31(20)34(39(44,45)46)49-53(35)18-30(55)48-29(16-22-14-23(40)17-24(41)15-22)32-26(11-10-25(47-32)12-13-37(3,4)19-54)27-8-7-9-28-33(27)52(5)50-36(28)51-58(6,56)57/h7-11,14-15,17,20-21,29,54H,16,18-19H2,1-6H3,(H,48,55)(H,50,51)/t20-,21+,29-/m0/s1. The summed E-state index contributed by atoms with van der Waals surface area (Å²) in [6.07, 6.45) is -4.54. The Labute approximate surface area is 328 Å². The van der Waals surface area contributed by atoms with Gasteiger partial charge in [0.1, 0.15) is 29.6 Å². The predicted molar refractivity (Wildman–Crippen MR) is 200 cm³/mol. The summed E-state index contributed by atoms with van der Waals surface area (Å²) in [4.78, 5) is 18.7. The molecule has 1 aliphatic carbocycles. The molecule has 11 nitrogen and oxygen atoms in total. The maximum atomic E-state index is 15.6. The van der Waals surface area contributed by atoms with E-state index in [4.69, 9.17) is 4.98 Å². The van der Waals surface area contributed by atoms with Crippen LogP contribution in [0.15, 0.2) is 48.5 Å². The zero-order chi connectivity index (χ0) is 42.7. The number of nitrogens with zero attached hydrogens (tertiary/aromatic N) is 5. The van der Waals surface area contributed by atoms with E-state index in [2.05, 4.69) is 32.1 Å². The van der Waals surface area contributed by atoms with Crippen LogP contribution in [-0.2, 0) is 46.9 Å². The Hall–Kier alpha value is -5.48. The molecule has 308 valence electrons. The fraction of sp³-hybridized carbons (Fsp3) is 0.385. The molecule has 19 heteroatoms. The summed E-state index contributed by atoms with van der Waals surface area (Å²) >= 11 is 0. The summed E-state index contributed by atoms with van der Waals surface area (Å²) in [5, 5.41) is 20.6. The van der Waals surface area contributed by atoms with Crippen LogP contribution in [0.5, 0.6) is 0 Å². The number of rotatable bonds is 10. The lowest BCUT2D eigenvalue weighted by Gasteiger charge is -2.23. The molecule has 6 rings (SSSR count). The number of aliphatic hydroxyl groups excluding tert-OH is 1. The van der Waals surface area contributed by atoms with Crippen molar-refractivity contribution in [1.29, 1.82) is 0 Å². The maximum Gasteiger partial charge on any atom is 0.435 e. The van der Waals surface area contributed by atoms with Gasteiger partial charge in [0, 0.05) is 46.5 Å². The van der Waals surface area contributed by atoms with Crippen molar-refractivity contribution >= 4 is 32.7 Å². The minimum Gasteiger partial charge on any atom is -0.395 e. The van der Waals surface area contributed by atoms with Crippen molar-refractivity contribution in [2.45, 2.75) is 64.7 Å². The summed E-state index contributed by atoms with van der Waals surface area (Å²) in [6.45, 7) is 4.26. The van der Waals surface area contributed by atoms with Gasteiger partial charge in [-0.1, -0.05) is 31.9 Å². The molecule has 5 aromatic rings. The summed E-state index contributed by atoms with van der Waals surface area (Å²) in [7, 11) is -2.23. The predicted octanol–water partition coefficient (Wildman–Crippen LogP) is 6.82. The van der Waals surface area contributed by atoms with Crippen molar-refractivity contribution in [1.82, 2.24) is 29.9 Å². The Kier molecular flexibility index (Phi) is 10.9. The average molecular weight is 834 g/mol. The number of hydrogen-bond acceptors (Lipinski definition) is 7. The SMILES string of the molecule is C[C@@H]1c2c(C(F)(F)F)nn(CC(=O)N[C@@H](Cc3cc(F)cc(F)c3)c3nc(C#CC(C)(C)CO)ccc3-c3cccc4c(NS(C)(=O)=O)nn(C)c34)c2C(F)(F)[C@@H]1C. The van der Waals surface area contributed by atoms with E-state index in [-0.39, 0.29) is 41.4 Å². The number of nitrogens with one attached hydrogen (secondary N) is 2. The van der Waals surface area contributed by atoms with Gasteiger partial charge in [-0.05, 0) is 68.0 Å². The maximum absolute atomic E-state index is 15.6. The Morgan fingerprint density at radius 3 is 2.33 bits per heavy atom. The first-order valence-electron chi connectivity index (χ1n) is 17.8. The number of amides is 1. The normalized spacial score (nSPS) is 17.1. The minimum atomic E-state index is -5.11. The van der Waals surface area contributed by atoms with Crippen LogP contribution >= 0.6 is 0 Å². The number of aryl methyl sites for hydroxylation is 1. The highest BCUT2D eigenvalue weighted by Crippen LogP contribution is 2.55. The summed E-state index contributed by atoms with van der Waals surface area (Å²) in [6, 6.07) is 9.22. The topological polar surface area (TPSA) is 144 Å². The zero-order valence-corrected chi connectivity index (χ0v) is 32.8. The molecule has 3 atom stereocenters. The molecule has 0 saturated carbocycles. The third kappa shape index (κ3) is 8.39. The Morgan fingerprint density at radius 2 is 1.71 bits per heavy atom. The number of pyridine rings is 1. The van der Waals surface area contributed by atoms with Crippen LogP contribution in [0, 0.1) is 34.8 Å². The molecule has 3 heterocycles. The molecule has 0 bridgehead atoms. The molecular formula is C39H38F7N7O4S. The molecule has 0 fully saturated rings. The number of sulfonamides is 1. The molecule has 2 aromatic carbocycles. The van der Waals surface area contributed by atoms with Crippen molar-refractivity contribution in [3.05, 3.63) is 94.1 Å². The quantitative estimate of drug-likeness (QED) is 0.104. The lowest BCUT2D eigenvalue weighted by atomic mass is 9.93. The van der Waals surface area contributed by atoms with Crippen LogP contribution in [0.4, 0.5) is 36.6 Å². The van der Waals surface area contributed by atoms with E-state index in [1.165, 1.54) is 17.7 Å². The number of halogens is 7. The van der Waals surface area contributed by atoms with Crippen molar-refractivity contribution in [2.75, 3.05) is 17.6 Å². The Balaban J connectivity index is 1.54. The monoisotopic (exact) mass is 833 g/mol. The molecule has 0 unspecified atom stereocenters. The molecule has 1 amide bonds. The van der Waals surface area contributed by atoms with Crippen molar-refractivity contribution in [3.8, 4) is 23.0 Å². The summed E-state index contributed by atoms with van der Waals surface area (Å²) < 4.78 is 131. The van der Waals surface area contributed by atoms with Gasteiger partial charge in [-0.15, -0.1) is 0 Å². The Bertz CT molecular complexity index is 2590. The number of fused-ring (bicyclic) bond motifs is 2. The lowest BCUT2D eigenvalue weighted by Crippen LogP contribution is -2.35. The van der Waals surface area contributed by atoms with Gasteiger partial charge in [0.2, 0.25) is 15.9 Å². The molecule has 3 aromatic heterocycles. The van der Waals surface area contributed by atoms with Gasteiger partial charge < -0.3 is 10.4 Å². The second-order valence-corrected chi connectivity index (χ2v) is 16.8. The van der Waals surface area contributed by atoms with Crippen LogP contribution in [-0.4, -0.2) is 56.8 Å². The number of hydrogen-bond donors (Lipinski definition) is 3. The highest BCUT2D eigenvalue weighted by atomic mass is 32.2. The number of benzene rings is 2. The van der Waals surface area contributed by atoms with E-state index in [0.29, 0.717) is 27.2 Å². The van der Waals surface area contributed by atoms with E-state index < -0.39 is 86.5 Å². The highest BCUT2D eigenvalue weighted by Gasteiger charge is 2.57. The summed E-state index contributed by atoms with van der Waals surface area (Å²) in [5.41, 5.74) is -2.96. The third-order valence-corrected chi connectivity index (χ3v) is 10.5. The number of alkyl halides is 5. The first-order valence-corrected chi connectivity index (χ1v) is 19.7. The molecule has 0 saturated heterocycles. The van der Waals surface area contributed by atoms with E-state index in [0.717, 1.165) is 25.3 Å². The van der Waals surface area contributed by atoms with Gasteiger partial charge in [-0.3, -0.25) is 18.9 Å². The molecular weight excluding hydrogens is 796 g/mol. The summed E-state index contributed by atoms with van der Waals surface area (Å²) in [5.74, 6) is -3.80. The second-order valence-electron chi connectivity index (χ2n) is 15.0. The lowest BCUT2D eigenvalue weighted by molar-refractivity contribution is -0.143. The highest BCUT2D eigenvalue weighted by molar-refractivity contribution is 7.92. The molecule has 3 N–H and O–H groups in total. The number of para-hydroxylation sites is 1. The van der Waals surface area contributed by atoms with Gasteiger partial charge in [0.25, 0.3) is 5.92 Å². The molecule has 0 spiro atoms. The smallest absolute Gasteiger partial charge is 0.395 e. The van der Waals surface area contributed by atoms with Gasteiger partial charge in [0.15, 0.2) is 11.5 Å². The van der Waals surface area contributed by atoms with E-state index in [1.807, 2.05) is 0 Å². The van der Waals surface area contributed by atoms with Crippen LogP contribution in [0.25, 0.3) is 22.0 Å². The van der Waals surface area contributed by atoms with Gasteiger partial charge in [0.05, 0.1) is 30.1 Å². The van der Waals surface area contributed by atoms with Crippen LogP contribution in [0.3, 0.4) is 0 Å². The molecule has 0 radical (unpaired) electrons. The van der Waals surface area contributed by atoms with Crippen molar-refractivity contribution < 1.29 is 49.1 Å². The fourth-order valence-electron chi connectivity index (χ4n) is 7.03. The zero-order valence-electron chi connectivity index (χ0n) is 31.9. The van der Waals surface area contributed by atoms with Gasteiger partial charge in [-0.25, -0.2) is 22.2 Å². The van der Waals surface area contributed by atoms with Crippen molar-refractivity contribution in [2.24, 2.45) is 18.4 Å². The first kappa shape index (κ1) is 42.1. The number of aliphatic hydroxyl groups is 1. The number of anilines is 1. The van der Waals surface area contributed by atoms with Crippen LogP contribution in [0.1, 0.15) is 73.6 Å². The third-order valence-electron chi connectivity index (χ3n) is 9.96. The number of carbonyl (C=O) groups is 1. The van der Waals surface area contributed by atoms with Gasteiger partial charge >= 0.3 is 6.18 Å².